The average Bonchev–Trinajstić information content (AvgIpc) is 2.38. The van der Waals surface area contributed by atoms with Gasteiger partial charge in [0.2, 0.25) is 5.95 Å². The van der Waals surface area contributed by atoms with Crippen molar-refractivity contribution in [3.05, 3.63) is 17.8 Å². The minimum atomic E-state index is -0.500. The van der Waals surface area contributed by atoms with Crippen LogP contribution < -0.4 is 16.4 Å². The van der Waals surface area contributed by atoms with Crippen molar-refractivity contribution in [3.8, 4) is 0 Å². The van der Waals surface area contributed by atoms with E-state index in [1.807, 2.05) is 39.8 Å². The van der Waals surface area contributed by atoms with E-state index in [0.717, 1.165) is 5.56 Å². The van der Waals surface area contributed by atoms with Crippen LogP contribution in [0.5, 0.6) is 0 Å². The van der Waals surface area contributed by atoms with E-state index in [1.54, 1.807) is 13.2 Å². The van der Waals surface area contributed by atoms with E-state index >= 15 is 0 Å². The summed E-state index contributed by atoms with van der Waals surface area (Å²) in [6, 6.07) is -0.0511. The van der Waals surface area contributed by atoms with Crippen molar-refractivity contribution in [1.82, 2.24) is 15.3 Å². The predicted molar refractivity (Wildman–Crippen MR) is 88.5 cm³/mol. The molecular weight excluding hydrogens is 282 g/mol. The lowest BCUT2D eigenvalue weighted by Gasteiger charge is -2.21. The molecule has 7 heteroatoms. The molecule has 4 N–H and O–H groups in total. The molecule has 1 aromatic heterocycles. The summed E-state index contributed by atoms with van der Waals surface area (Å²) >= 11 is 0. The number of rotatable bonds is 5. The van der Waals surface area contributed by atoms with Gasteiger partial charge in [0.1, 0.15) is 11.4 Å². The van der Waals surface area contributed by atoms with E-state index in [1.165, 1.54) is 0 Å². The van der Waals surface area contributed by atoms with Gasteiger partial charge in [0.15, 0.2) is 0 Å². The molecule has 0 unspecified atom stereocenters. The first-order valence-corrected chi connectivity index (χ1v) is 7.17. The monoisotopic (exact) mass is 307 g/mol. The summed E-state index contributed by atoms with van der Waals surface area (Å²) in [5.41, 5.74) is 6.07. The highest BCUT2D eigenvalue weighted by molar-refractivity contribution is 5.68. The largest absolute Gasteiger partial charge is 0.444 e. The van der Waals surface area contributed by atoms with E-state index < -0.39 is 11.7 Å². The first-order valence-electron chi connectivity index (χ1n) is 7.17. The van der Waals surface area contributed by atoms with Crippen molar-refractivity contribution < 1.29 is 9.53 Å². The van der Waals surface area contributed by atoms with Crippen molar-refractivity contribution in [2.45, 2.75) is 45.8 Å². The lowest BCUT2D eigenvalue weighted by molar-refractivity contribution is 0.0509. The topological polar surface area (TPSA) is 102 Å². The lowest BCUT2D eigenvalue weighted by Crippen LogP contribution is -2.37. The Morgan fingerprint density at radius 1 is 1.50 bits per heavy atom. The summed E-state index contributed by atoms with van der Waals surface area (Å²) in [6.45, 7) is 7.39. The van der Waals surface area contributed by atoms with Crippen LogP contribution in [0.1, 0.15) is 39.7 Å². The minimum Gasteiger partial charge on any atom is -0.444 e. The number of nitrogens with one attached hydrogen (secondary N) is 2. The summed E-state index contributed by atoms with van der Waals surface area (Å²) < 4.78 is 5.20. The molecule has 0 aliphatic carbocycles. The molecule has 22 heavy (non-hydrogen) atoms. The van der Waals surface area contributed by atoms with Crippen LogP contribution in [0.15, 0.2) is 12.3 Å². The zero-order valence-electron chi connectivity index (χ0n) is 13.8. The van der Waals surface area contributed by atoms with Gasteiger partial charge in [-0.25, -0.2) is 9.78 Å². The van der Waals surface area contributed by atoms with Crippen LogP contribution in [0.4, 0.5) is 16.6 Å². The number of nitrogen functional groups attached to an aromatic ring is 1. The molecule has 7 nitrogen and oxygen atoms in total. The number of carbonyl (C=O) groups is 1. The molecule has 0 saturated carbocycles. The zero-order chi connectivity index (χ0) is 16.8. The van der Waals surface area contributed by atoms with E-state index in [9.17, 15) is 4.79 Å². The van der Waals surface area contributed by atoms with Gasteiger partial charge in [-0.3, -0.25) is 0 Å². The van der Waals surface area contributed by atoms with Crippen molar-refractivity contribution in [2.75, 3.05) is 18.1 Å². The normalized spacial score (nSPS) is 13.0. The Balaban J connectivity index is 2.50. The van der Waals surface area contributed by atoms with Gasteiger partial charge >= 0.3 is 6.09 Å². The highest BCUT2D eigenvalue weighted by Gasteiger charge is 2.17. The maximum Gasteiger partial charge on any atom is 0.407 e. The number of nitrogens with zero attached hydrogens (tertiary/aromatic N) is 2. The second kappa shape index (κ2) is 7.63. The fraction of sp³-hybridized carbons (Fsp3) is 0.533. The summed E-state index contributed by atoms with van der Waals surface area (Å²) in [5.74, 6) is 0.887. The molecule has 1 heterocycles. The second-order valence-electron chi connectivity index (χ2n) is 5.97. The van der Waals surface area contributed by atoms with Gasteiger partial charge in [-0.1, -0.05) is 12.2 Å². The number of ether oxygens (including phenoxy) is 1. The fourth-order valence-electron chi connectivity index (χ4n) is 1.62. The summed E-state index contributed by atoms with van der Waals surface area (Å²) in [6.07, 6.45) is 5.62. The number of alkyl carbamates (subject to hydrolysis) is 1. The maximum atomic E-state index is 11.6. The molecule has 0 saturated heterocycles. The highest BCUT2D eigenvalue weighted by atomic mass is 16.6. The smallest absolute Gasteiger partial charge is 0.407 e. The van der Waals surface area contributed by atoms with Crippen molar-refractivity contribution in [1.29, 1.82) is 0 Å². The third-order valence-electron chi connectivity index (χ3n) is 2.62. The fourth-order valence-corrected chi connectivity index (χ4v) is 1.62. The highest BCUT2D eigenvalue weighted by Crippen LogP contribution is 2.12. The standard InChI is InChI=1S/C15H25N5O2/c1-10(19-14(21)22-15(2,3)4)7-6-8-11-9-18-13(17-5)20-12(11)16/h6,8-10H,7H2,1-5H3,(H,19,21)(H3,16,17,18,20)/b8-6+/t10-/m0/s1. The number of hydrogen-bond donors (Lipinski definition) is 3. The van der Waals surface area contributed by atoms with Gasteiger partial charge in [-0.2, -0.15) is 4.98 Å². The number of aromatic nitrogens is 2. The van der Waals surface area contributed by atoms with Gasteiger partial charge in [0, 0.05) is 24.8 Å². The molecule has 122 valence electrons. The number of hydrogen-bond acceptors (Lipinski definition) is 6. The Morgan fingerprint density at radius 2 is 2.18 bits per heavy atom. The summed E-state index contributed by atoms with van der Waals surface area (Å²) in [7, 11) is 1.73. The number of anilines is 2. The van der Waals surface area contributed by atoms with Crippen LogP contribution in [0, 0.1) is 0 Å². The Bertz CT molecular complexity index is 537. The molecule has 1 rings (SSSR count). The quantitative estimate of drug-likeness (QED) is 0.772. The Labute approximate surface area is 131 Å². The Morgan fingerprint density at radius 3 is 2.73 bits per heavy atom. The average molecular weight is 307 g/mol. The summed E-state index contributed by atoms with van der Waals surface area (Å²) in [4.78, 5) is 19.8. The molecule has 0 aromatic carbocycles. The van der Waals surface area contributed by atoms with Gasteiger partial charge in [0.25, 0.3) is 0 Å². The van der Waals surface area contributed by atoms with Gasteiger partial charge in [0.05, 0.1) is 0 Å². The zero-order valence-corrected chi connectivity index (χ0v) is 13.8. The van der Waals surface area contributed by atoms with Crippen molar-refractivity contribution in [3.63, 3.8) is 0 Å². The van der Waals surface area contributed by atoms with Crippen LogP contribution in [0.25, 0.3) is 6.08 Å². The molecule has 0 bridgehead atoms. The first kappa shape index (κ1) is 17.7. The van der Waals surface area contributed by atoms with E-state index in [4.69, 9.17) is 10.5 Å². The first-order chi connectivity index (χ1) is 10.2. The molecule has 0 spiro atoms. The lowest BCUT2D eigenvalue weighted by atomic mass is 10.2. The second-order valence-corrected chi connectivity index (χ2v) is 5.97. The van der Waals surface area contributed by atoms with Crippen LogP contribution in [0.3, 0.4) is 0 Å². The molecule has 0 aliphatic rings. The SMILES string of the molecule is CNc1ncc(/C=C/C[C@H](C)NC(=O)OC(C)(C)C)c(N)n1. The number of carbonyl (C=O) groups excluding carboxylic acids is 1. The van der Waals surface area contributed by atoms with Crippen LogP contribution in [-0.2, 0) is 4.74 Å². The Hall–Kier alpha value is -2.31. The predicted octanol–water partition coefficient (Wildman–Crippen LogP) is 2.42. The minimum absolute atomic E-state index is 0.0511. The summed E-state index contributed by atoms with van der Waals surface area (Å²) in [5, 5.41) is 5.59. The van der Waals surface area contributed by atoms with Crippen molar-refractivity contribution in [2.24, 2.45) is 0 Å². The van der Waals surface area contributed by atoms with E-state index in [2.05, 4.69) is 20.6 Å². The molecule has 1 atom stereocenters. The molecule has 1 aromatic rings. The third kappa shape index (κ3) is 6.43. The van der Waals surface area contributed by atoms with E-state index in [-0.39, 0.29) is 6.04 Å². The Kier molecular flexibility index (Phi) is 6.15. The van der Waals surface area contributed by atoms with Gasteiger partial charge in [-0.15, -0.1) is 0 Å². The van der Waals surface area contributed by atoms with Gasteiger partial charge < -0.3 is 21.1 Å². The van der Waals surface area contributed by atoms with E-state index in [0.29, 0.717) is 18.2 Å². The van der Waals surface area contributed by atoms with Crippen LogP contribution in [-0.4, -0.2) is 34.8 Å². The molecule has 0 radical (unpaired) electrons. The molecular formula is C15H25N5O2. The molecule has 0 fully saturated rings. The third-order valence-corrected chi connectivity index (χ3v) is 2.62. The van der Waals surface area contributed by atoms with Crippen LogP contribution in [0.2, 0.25) is 0 Å². The molecule has 0 aliphatic heterocycles. The number of nitrogens with two attached hydrogens (primary N) is 1. The van der Waals surface area contributed by atoms with Crippen LogP contribution >= 0.6 is 0 Å². The van der Waals surface area contributed by atoms with Gasteiger partial charge in [-0.05, 0) is 34.1 Å². The van der Waals surface area contributed by atoms with Crippen molar-refractivity contribution >= 4 is 23.9 Å². The maximum absolute atomic E-state index is 11.6. The number of amides is 1. The molecule has 1 amide bonds.